The standard InChI is InChI=1S/C10H12Cl2N2O2/c1-2-8(13)10(16)14-5-3-6(11)9(15)7(12)4-5/h3-4,8,15H,2,13H2,1H3,(H,14,16). The fourth-order valence-electron chi connectivity index (χ4n) is 1.06. The van der Waals surface area contributed by atoms with Gasteiger partial charge in [-0.2, -0.15) is 0 Å². The van der Waals surface area contributed by atoms with E-state index in [1.807, 2.05) is 0 Å². The molecule has 1 unspecified atom stereocenters. The largest absolute Gasteiger partial charge is 0.505 e. The van der Waals surface area contributed by atoms with Crippen molar-refractivity contribution in [2.24, 2.45) is 5.73 Å². The minimum absolute atomic E-state index is 0.0767. The predicted octanol–water partition coefficient (Wildman–Crippen LogP) is 2.37. The smallest absolute Gasteiger partial charge is 0.241 e. The van der Waals surface area contributed by atoms with Crippen LogP contribution in [0.3, 0.4) is 0 Å². The van der Waals surface area contributed by atoms with Gasteiger partial charge in [0.2, 0.25) is 5.91 Å². The van der Waals surface area contributed by atoms with Gasteiger partial charge in [-0.05, 0) is 18.6 Å². The van der Waals surface area contributed by atoms with Gasteiger partial charge >= 0.3 is 0 Å². The molecule has 0 saturated heterocycles. The Morgan fingerprint density at radius 3 is 2.44 bits per heavy atom. The molecule has 0 bridgehead atoms. The molecule has 1 aromatic carbocycles. The van der Waals surface area contributed by atoms with E-state index < -0.39 is 6.04 Å². The molecule has 0 aliphatic rings. The molecule has 1 atom stereocenters. The fourth-order valence-corrected chi connectivity index (χ4v) is 1.55. The highest BCUT2D eigenvalue weighted by atomic mass is 35.5. The number of aromatic hydroxyl groups is 1. The van der Waals surface area contributed by atoms with Crippen molar-refractivity contribution in [3.05, 3.63) is 22.2 Å². The Hall–Kier alpha value is -0.970. The number of phenolic OH excluding ortho intramolecular Hbond substituents is 1. The first-order valence-electron chi connectivity index (χ1n) is 4.70. The summed E-state index contributed by atoms with van der Waals surface area (Å²) in [6.45, 7) is 1.81. The van der Waals surface area contributed by atoms with E-state index in [9.17, 15) is 9.90 Å². The van der Waals surface area contributed by atoms with Crippen molar-refractivity contribution in [1.82, 2.24) is 0 Å². The molecule has 0 heterocycles. The summed E-state index contributed by atoms with van der Waals surface area (Å²) >= 11 is 11.4. The van der Waals surface area contributed by atoms with Gasteiger partial charge in [0.25, 0.3) is 0 Å². The van der Waals surface area contributed by atoms with Crippen LogP contribution in [0.1, 0.15) is 13.3 Å². The van der Waals surface area contributed by atoms with E-state index in [1.165, 1.54) is 12.1 Å². The van der Waals surface area contributed by atoms with E-state index in [0.717, 1.165) is 0 Å². The van der Waals surface area contributed by atoms with Crippen molar-refractivity contribution in [3.63, 3.8) is 0 Å². The van der Waals surface area contributed by atoms with Crippen LogP contribution in [-0.4, -0.2) is 17.1 Å². The molecule has 16 heavy (non-hydrogen) atoms. The molecule has 4 N–H and O–H groups in total. The summed E-state index contributed by atoms with van der Waals surface area (Å²) < 4.78 is 0. The highest BCUT2D eigenvalue weighted by Gasteiger charge is 2.13. The summed E-state index contributed by atoms with van der Waals surface area (Å²) in [4.78, 5) is 11.5. The Kier molecular flexibility index (Phi) is 4.41. The van der Waals surface area contributed by atoms with E-state index in [-0.39, 0.29) is 21.7 Å². The van der Waals surface area contributed by atoms with Crippen LogP contribution < -0.4 is 11.1 Å². The molecule has 1 aromatic rings. The maximum absolute atomic E-state index is 11.5. The minimum Gasteiger partial charge on any atom is -0.505 e. The number of nitrogens with one attached hydrogen (secondary N) is 1. The van der Waals surface area contributed by atoms with Crippen LogP contribution in [0.15, 0.2) is 12.1 Å². The SMILES string of the molecule is CCC(N)C(=O)Nc1cc(Cl)c(O)c(Cl)c1. The monoisotopic (exact) mass is 262 g/mol. The van der Waals surface area contributed by atoms with Crippen molar-refractivity contribution in [3.8, 4) is 5.75 Å². The number of amides is 1. The zero-order chi connectivity index (χ0) is 12.3. The van der Waals surface area contributed by atoms with Gasteiger partial charge in [-0.1, -0.05) is 30.1 Å². The van der Waals surface area contributed by atoms with Gasteiger partial charge in [-0.15, -0.1) is 0 Å². The van der Waals surface area contributed by atoms with Gasteiger partial charge in [0, 0.05) is 5.69 Å². The van der Waals surface area contributed by atoms with Crippen molar-refractivity contribution < 1.29 is 9.90 Å². The van der Waals surface area contributed by atoms with Gasteiger partial charge in [0.05, 0.1) is 16.1 Å². The third kappa shape index (κ3) is 3.01. The molecule has 0 spiro atoms. The molecule has 88 valence electrons. The second-order valence-electron chi connectivity index (χ2n) is 3.29. The summed E-state index contributed by atoms with van der Waals surface area (Å²) in [6, 6.07) is 2.23. The van der Waals surface area contributed by atoms with Crippen LogP contribution in [0.5, 0.6) is 5.75 Å². The van der Waals surface area contributed by atoms with E-state index in [1.54, 1.807) is 6.92 Å². The van der Waals surface area contributed by atoms with Gasteiger partial charge in [0.1, 0.15) is 0 Å². The van der Waals surface area contributed by atoms with Crippen LogP contribution in [0.25, 0.3) is 0 Å². The Morgan fingerprint density at radius 2 is 2.00 bits per heavy atom. The molecule has 0 saturated carbocycles. The van der Waals surface area contributed by atoms with Crippen molar-refractivity contribution in [1.29, 1.82) is 0 Å². The molecule has 0 aliphatic carbocycles. The second-order valence-corrected chi connectivity index (χ2v) is 4.11. The van der Waals surface area contributed by atoms with Crippen LogP contribution in [0.4, 0.5) is 5.69 Å². The first-order valence-corrected chi connectivity index (χ1v) is 5.45. The average molecular weight is 263 g/mol. The quantitative estimate of drug-likeness (QED) is 0.733. The van der Waals surface area contributed by atoms with E-state index in [2.05, 4.69) is 5.32 Å². The molecule has 1 amide bonds. The lowest BCUT2D eigenvalue weighted by atomic mass is 10.2. The summed E-state index contributed by atoms with van der Waals surface area (Å²) in [5.41, 5.74) is 5.95. The lowest BCUT2D eigenvalue weighted by molar-refractivity contribution is -0.117. The topological polar surface area (TPSA) is 75.4 Å². The Bertz CT molecular complexity index is 387. The number of benzene rings is 1. The molecular formula is C10H12Cl2N2O2. The molecule has 0 aromatic heterocycles. The highest BCUT2D eigenvalue weighted by Crippen LogP contribution is 2.34. The number of nitrogens with two attached hydrogens (primary N) is 1. The van der Waals surface area contributed by atoms with Gasteiger partial charge in [-0.3, -0.25) is 4.79 Å². The Labute approximate surface area is 103 Å². The number of halogens is 2. The summed E-state index contributed by atoms with van der Waals surface area (Å²) in [5.74, 6) is -0.526. The van der Waals surface area contributed by atoms with Crippen LogP contribution in [-0.2, 0) is 4.79 Å². The predicted molar refractivity (Wildman–Crippen MR) is 65.0 cm³/mol. The number of rotatable bonds is 3. The lowest BCUT2D eigenvalue weighted by Gasteiger charge is -2.11. The molecule has 6 heteroatoms. The normalized spacial score (nSPS) is 12.2. The summed E-state index contributed by atoms with van der Waals surface area (Å²) in [7, 11) is 0. The van der Waals surface area contributed by atoms with E-state index in [0.29, 0.717) is 12.1 Å². The van der Waals surface area contributed by atoms with Gasteiger partial charge in [-0.25, -0.2) is 0 Å². The third-order valence-corrected chi connectivity index (χ3v) is 2.64. The van der Waals surface area contributed by atoms with Crippen molar-refractivity contribution >= 4 is 34.8 Å². The fraction of sp³-hybridized carbons (Fsp3) is 0.300. The number of carbonyl (C=O) groups excluding carboxylic acids is 1. The third-order valence-electron chi connectivity index (χ3n) is 2.06. The number of hydrogen-bond acceptors (Lipinski definition) is 3. The van der Waals surface area contributed by atoms with Gasteiger partial charge < -0.3 is 16.2 Å². The van der Waals surface area contributed by atoms with Gasteiger partial charge in [0.15, 0.2) is 5.75 Å². The van der Waals surface area contributed by atoms with Crippen LogP contribution in [0, 0.1) is 0 Å². The first-order chi connectivity index (χ1) is 7.45. The Balaban J connectivity index is 2.87. The molecule has 0 radical (unpaired) electrons. The zero-order valence-electron chi connectivity index (χ0n) is 8.63. The first kappa shape index (κ1) is 13.1. The van der Waals surface area contributed by atoms with E-state index >= 15 is 0 Å². The summed E-state index contributed by atoms with van der Waals surface area (Å²) in [5, 5.41) is 12.0. The lowest BCUT2D eigenvalue weighted by Crippen LogP contribution is -2.34. The Morgan fingerprint density at radius 1 is 1.50 bits per heavy atom. The number of anilines is 1. The second kappa shape index (κ2) is 5.39. The van der Waals surface area contributed by atoms with Crippen LogP contribution in [0.2, 0.25) is 10.0 Å². The highest BCUT2D eigenvalue weighted by molar-refractivity contribution is 6.37. The maximum Gasteiger partial charge on any atom is 0.241 e. The van der Waals surface area contributed by atoms with Crippen molar-refractivity contribution in [2.45, 2.75) is 19.4 Å². The molecule has 4 nitrogen and oxygen atoms in total. The molecule has 0 fully saturated rings. The molecule has 1 rings (SSSR count). The maximum atomic E-state index is 11.5. The number of hydrogen-bond donors (Lipinski definition) is 3. The average Bonchev–Trinajstić information content (AvgIpc) is 2.24. The molecular weight excluding hydrogens is 251 g/mol. The zero-order valence-corrected chi connectivity index (χ0v) is 10.1. The summed E-state index contributed by atoms with van der Waals surface area (Å²) in [6.07, 6.45) is 0.533. The van der Waals surface area contributed by atoms with Crippen LogP contribution >= 0.6 is 23.2 Å². The minimum atomic E-state index is -0.577. The molecule has 0 aliphatic heterocycles. The van der Waals surface area contributed by atoms with E-state index in [4.69, 9.17) is 28.9 Å². The number of phenols is 1. The number of carbonyl (C=O) groups is 1. The van der Waals surface area contributed by atoms with Crippen molar-refractivity contribution in [2.75, 3.05) is 5.32 Å².